The predicted octanol–water partition coefficient (Wildman–Crippen LogP) is 2.75. The van der Waals surface area contributed by atoms with Gasteiger partial charge in [0.1, 0.15) is 11.5 Å². The maximum atomic E-state index is 13.1. The zero-order valence-corrected chi connectivity index (χ0v) is 8.39. The van der Waals surface area contributed by atoms with Crippen LogP contribution in [0.2, 0.25) is 0 Å². The molecule has 0 aliphatic heterocycles. The lowest BCUT2D eigenvalue weighted by Gasteiger charge is -2.05. The van der Waals surface area contributed by atoms with Crippen LogP contribution in [0.25, 0.3) is 0 Å². The van der Waals surface area contributed by atoms with E-state index in [4.69, 9.17) is 5.73 Å². The maximum Gasteiger partial charge on any atom is 0.196 e. The largest absolute Gasteiger partial charge is 0.387 e. The molecule has 0 aliphatic carbocycles. The first-order valence-corrected chi connectivity index (χ1v) is 4.41. The third-order valence-corrected chi connectivity index (χ3v) is 1.86. The Hall–Kier alpha value is -1.52. The zero-order valence-electron chi connectivity index (χ0n) is 8.39. The number of hydrogen-bond acceptors (Lipinski definition) is 1. The first-order valence-electron chi connectivity index (χ1n) is 4.41. The van der Waals surface area contributed by atoms with E-state index in [1.165, 1.54) is 0 Å². The van der Waals surface area contributed by atoms with Gasteiger partial charge < -0.3 is 5.73 Å². The van der Waals surface area contributed by atoms with Gasteiger partial charge in [-0.25, -0.2) is 18.2 Å². The minimum Gasteiger partial charge on any atom is -0.387 e. The molecule has 0 heterocycles. The third-order valence-electron chi connectivity index (χ3n) is 1.86. The van der Waals surface area contributed by atoms with Gasteiger partial charge in [-0.2, -0.15) is 0 Å². The van der Waals surface area contributed by atoms with Gasteiger partial charge in [0.25, 0.3) is 0 Å². The molecule has 1 aromatic rings. The van der Waals surface area contributed by atoms with Crippen molar-refractivity contribution >= 4 is 11.5 Å². The van der Waals surface area contributed by atoms with Gasteiger partial charge in [0.05, 0.1) is 0 Å². The molecule has 0 aliphatic rings. The second-order valence-electron chi connectivity index (χ2n) is 3.39. The molecule has 2 N–H and O–H groups in total. The summed E-state index contributed by atoms with van der Waals surface area (Å²) in [6.07, 6.45) is 0. The van der Waals surface area contributed by atoms with Gasteiger partial charge in [0, 0.05) is 5.92 Å². The number of amidine groups is 1. The molecule has 0 spiro atoms. The van der Waals surface area contributed by atoms with E-state index in [-0.39, 0.29) is 17.4 Å². The van der Waals surface area contributed by atoms with E-state index in [0.29, 0.717) is 0 Å². The molecule has 0 saturated heterocycles. The Balaban J connectivity index is 3.18. The molecule has 1 rings (SSSR count). The second kappa shape index (κ2) is 4.33. The molecule has 2 nitrogen and oxygen atoms in total. The van der Waals surface area contributed by atoms with E-state index in [2.05, 4.69) is 4.99 Å². The molecule has 82 valence electrons. The zero-order chi connectivity index (χ0) is 11.6. The van der Waals surface area contributed by atoms with Crippen molar-refractivity contribution in [2.45, 2.75) is 13.8 Å². The van der Waals surface area contributed by atoms with E-state index in [1.807, 2.05) is 0 Å². The van der Waals surface area contributed by atoms with Gasteiger partial charge in [-0.15, -0.1) is 0 Å². The summed E-state index contributed by atoms with van der Waals surface area (Å²) in [5.41, 5.74) is 5.18. The van der Waals surface area contributed by atoms with Crippen molar-refractivity contribution in [3.05, 3.63) is 29.6 Å². The van der Waals surface area contributed by atoms with Gasteiger partial charge in [-0.05, 0) is 12.1 Å². The number of hydrogen-bond donors (Lipinski definition) is 1. The quantitative estimate of drug-likeness (QED) is 0.460. The molecule has 0 radical (unpaired) electrons. The molecule has 15 heavy (non-hydrogen) atoms. The summed E-state index contributed by atoms with van der Waals surface area (Å²) in [4.78, 5) is 3.67. The molecule has 0 bridgehead atoms. The van der Waals surface area contributed by atoms with Gasteiger partial charge in [0.2, 0.25) is 0 Å². The van der Waals surface area contributed by atoms with Crippen LogP contribution in [-0.2, 0) is 0 Å². The molecule has 0 fully saturated rings. The average molecular weight is 216 g/mol. The number of aliphatic imine (C=N–C) groups is 1. The molecule has 0 saturated carbocycles. The lowest BCUT2D eigenvalue weighted by molar-refractivity contribution is 0.448. The van der Waals surface area contributed by atoms with Gasteiger partial charge in [-0.1, -0.05) is 13.8 Å². The van der Waals surface area contributed by atoms with Crippen LogP contribution in [0.1, 0.15) is 13.8 Å². The first-order chi connectivity index (χ1) is 6.93. The van der Waals surface area contributed by atoms with Crippen LogP contribution < -0.4 is 5.73 Å². The average Bonchev–Trinajstić information content (AvgIpc) is 2.18. The van der Waals surface area contributed by atoms with Crippen molar-refractivity contribution in [1.82, 2.24) is 0 Å². The number of nitrogens with two attached hydrogens (primary N) is 1. The van der Waals surface area contributed by atoms with Crippen molar-refractivity contribution in [2.24, 2.45) is 16.6 Å². The summed E-state index contributed by atoms with van der Waals surface area (Å²) in [5.74, 6) is -4.02. The van der Waals surface area contributed by atoms with Crippen molar-refractivity contribution in [3.63, 3.8) is 0 Å². The topological polar surface area (TPSA) is 38.4 Å². The fourth-order valence-electron chi connectivity index (χ4n) is 0.870. The molecular formula is C10H11F3N2. The number of nitrogens with zero attached hydrogens (tertiary/aromatic N) is 1. The van der Waals surface area contributed by atoms with Crippen LogP contribution in [-0.4, -0.2) is 5.84 Å². The van der Waals surface area contributed by atoms with E-state index in [9.17, 15) is 13.2 Å². The molecular weight excluding hydrogens is 205 g/mol. The first kappa shape index (κ1) is 11.6. The van der Waals surface area contributed by atoms with Crippen molar-refractivity contribution in [1.29, 1.82) is 0 Å². The monoisotopic (exact) mass is 216 g/mol. The molecule has 0 atom stereocenters. The Morgan fingerprint density at radius 2 is 1.80 bits per heavy atom. The number of benzene rings is 1. The van der Waals surface area contributed by atoms with Crippen LogP contribution in [0.4, 0.5) is 18.9 Å². The number of halogens is 3. The van der Waals surface area contributed by atoms with E-state index in [1.54, 1.807) is 13.8 Å². The lowest BCUT2D eigenvalue weighted by Crippen LogP contribution is -2.18. The van der Waals surface area contributed by atoms with Crippen LogP contribution in [0.15, 0.2) is 17.1 Å². The molecule has 5 heteroatoms. The van der Waals surface area contributed by atoms with E-state index < -0.39 is 17.5 Å². The number of rotatable bonds is 2. The predicted molar refractivity (Wildman–Crippen MR) is 52.4 cm³/mol. The van der Waals surface area contributed by atoms with Crippen LogP contribution >= 0.6 is 0 Å². The summed E-state index contributed by atoms with van der Waals surface area (Å²) in [5, 5.41) is 0. The normalized spacial score (nSPS) is 12.3. The van der Waals surface area contributed by atoms with Gasteiger partial charge in [0.15, 0.2) is 17.5 Å². The Morgan fingerprint density at radius 1 is 1.20 bits per heavy atom. The van der Waals surface area contributed by atoms with E-state index in [0.717, 1.165) is 12.1 Å². The molecule has 0 aromatic heterocycles. The van der Waals surface area contributed by atoms with Gasteiger partial charge >= 0.3 is 0 Å². The van der Waals surface area contributed by atoms with Crippen LogP contribution in [0.3, 0.4) is 0 Å². The Labute approximate surface area is 85.6 Å². The van der Waals surface area contributed by atoms with Crippen LogP contribution in [0.5, 0.6) is 0 Å². The smallest absolute Gasteiger partial charge is 0.196 e. The van der Waals surface area contributed by atoms with Crippen LogP contribution in [0, 0.1) is 23.4 Å². The van der Waals surface area contributed by atoms with Crippen molar-refractivity contribution < 1.29 is 13.2 Å². The summed E-state index contributed by atoms with van der Waals surface area (Å²) < 4.78 is 38.5. The summed E-state index contributed by atoms with van der Waals surface area (Å²) in [6.45, 7) is 3.52. The second-order valence-corrected chi connectivity index (χ2v) is 3.39. The molecule has 1 aromatic carbocycles. The lowest BCUT2D eigenvalue weighted by atomic mass is 10.2. The summed E-state index contributed by atoms with van der Waals surface area (Å²) in [6, 6.07) is 1.86. The van der Waals surface area contributed by atoms with Gasteiger partial charge in [-0.3, -0.25) is 0 Å². The minimum atomic E-state index is -1.53. The highest BCUT2D eigenvalue weighted by atomic mass is 19.2. The highest BCUT2D eigenvalue weighted by Crippen LogP contribution is 2.22. The highest BCUT2D eigenvalue weighted by Gasteiger charge is 2.13. The maximum absolute atomic E-state index is 13.1. The van der Waals surface area contributed by atoms with E-state index >= 15 is 0 Å². The molecule has 0 amide bonds. The fourth-order valence-corrected chi connectivity index (χ4v) is 0.870. The highest BCUT2D eigenvalue weighted by molar-refractivity contribution is 5.84. The van der Waals surface area contributed by atoms with Crippen molar-refractivity contribution in [2.75, 3.05) is 0 Å². The third kappa shape index (κ3) is 2.49. The standard InChI is InChI=1S/C10H11F3N2/c1-5(2)10(14)15-7-4-3-6(11)8(12)9(7)13/h3-5H,1-2H3,(H2,14,15). The Bertz CT molecular complexity index is 400. The molecule has 0 unspecified atom stereocenters. The minimum absolute atomic E-state index is 0.0856. The summed E-state index contributed by atoms with van der Waals surface area (Å²) >= 11 is 0. The summed E-state index contributed by atoms with van der Waals surface area (Å²) in [7, 11) is 0. The fraction of sp³-hybridized carbons (Fsp3) is 0.300. The van der Waals surface area contributed by atoms with Crippen molar-refractivity contribution in [3.8, 4) is 0 Å². The Kier molecular flexibility index (Phi) is 3.34. The Morgan fingerprint density at radius 3 is 2.33 bits per heavy atom. The SMILES string of the molecule is CC(C)C(N)=Nc1ccc(F)c(F)c1F.